The van der Waals surface area contributed by atoms with E-state index in [-0.39, 0.29) is 0 Å². The molecule has 2 nitrogen and oxygen atoms in total. The lowest BCUT2D eigenvalue weighted by molar-refractivity contribution is 0.0932. The van der Waals surface area contributed by atoms with Crippen LogP contribution in [0.5, 0.6) is 0 Å². The topological polar surface area (TPSA) is 6.48 Å². The van der Waals surface area contributed by atoms with Crippen LogP contribution < -0.4 is 0 Å². The van der Waals surface area contributed by atoms with E-state index >= 15 is 0 Å². The molecule has 2 fully saturated rings. The van der Waals surface area contributed by atoms with Crippen LogP contribution in [0.4, 0.5) is 0 Å². The van der Waals surface area contributed by atoms with E-state index in [0.29, 0.717) is 11.0 Å². The van der Waals surface area contributed by atoms with Crippen LogP contribution >= 0.6 is 0 Å². The molecule has 0 aromatic heterocycles. The minimum Gasteiger partial charge on any atom is -0.306 e. The summed E-state index contributed by atoms with van der Waals surface area (Å²) in [5.41, 5.74) is 0.938. The largest absolute Gasteiger partial charge is 0.306 e. The predicted octanol–water partition coefficient (Wildman–Crippen LogP) is 4.32. The third-order valence-corrected chi connectivity index (χ3v) is 5.55. The highest BCUT2D eigenvalue weighted by Gasteiger charge is 2.65. The Morgan fingerprint density at radius 1 is 1.29 bits per heavy atom. The van der Waals surface area contributed by atoms with Gasteiger partial charge in [-0.25, -0.2) is 0 Å². The summed E-state index contributed by atoms with van der Waals surface area (Å²) >= 11 is 0. The van der Waals surface area contributed by atoms with Crippen molar-refractivity contribution in [1.82, 2.24) is 9.80 Å². The zero-order valence-electron chi connectivity index (χ0n) is 15.0. The summed E-state index contributed by atoms with van der Waals surface area (Å²) in [4.78, 5) is 5.42. The van der Waals surface area contributed by atoms with Crippen LogP contribution in [0.25, 0.3) is 0 Å². The molecule has 0 spiro atoms. The normalized spacial score (nSPS) is 32.5. The van der Waals surface area contributed by atoms with Gasteiger partial charge in [0.2, 0.25) is 0 Å². The van der Waals surface area contributed by atoms with Crippen LogP contribution in [0.2, 0.25) is 0 Å². The maximum absolute atomic E-state index is 3.81. The van der Waals surface area contributed by atoms with Crippen LogP contribution in [0.1, 0.15) is 66.2 Å². The van der Waals surface area contributed by atoms with Gasteiger partial charge in [-0.15, -0.1) is 6.58 Å². The van der Waals surface area contributed by atoms with Crippen molar-refractivity contribution in [2.45, 2.75) is 83.8 Å². The van der Waals surface area contributed by atoms with Crippen LogP contribution in [-0.4, -0.2) is 47.6 Å². The minimum atomic E-state index is 0.326. The molecule has 0 amide bonds. The van der Waals surface area contributed by atoms with Gasteiger partial charge in [-0.2, -0.15) is 0 Å². The molecule has 1 aliphatic heterocycles. The molecule has 0 bridgehead atoms. The van der Waals surface area contributed by atoms with Gasteiger partial charge in [0.05, 0.1) is 0 Å². The van der Waals surface area contributed by atoms with Gasteiger partial charge in [-0.05, 0) is 72.9 Å². The Hall–Kier alpha value is -0.340. The van der Waals surface area contributed by atoms with Gasteiger partial charge in [0.25, 0.3) is 0 Å². The van der Waals surface area contributed by atoms with E-state index in [2.05, 4.69) is 51.1 Å². The van der Waals surface area contributed by atoms with Crippen LogP contribution in [-0.2, 0) is 0 Å². The lowest BCUT2D eigenvalue weighted by Gasteiger charge is -2.38. The Bertz CT molecular complexity index is 357. The van der Waals surface area contributed by atoms with Gasteiger partial charge < -0.3 is 4.90 Å². The smallest absolute Gasteiger partial charge is 0.0180 e. The Labute approximate surface area is 132 Å². The van der Waals surface area contributed by atoms with E-state index in [4.69, 9.17) is 0 Å². The van der Waals surface area contributed by atoms with Gasteiger partial charge in [0.15, 0.2) is 0 Å². The van der Waals surface area contributed by atoms with Crippen molar-refractivity contribution in [3.63, 3.8) is 0 Å². The number of rotatable bonds is 8. The van der Waals surface area contributed by atoms with Crippen molar-refractivity contribution in [2.75, 3.05) is 20.1 Å². The maximum atomic E-state index is 3.81. The molecule has 2 heteroatoms. The Kier molecular flexibility index (Phi) is 5.20. The lowest BCUT2D eigenvalue weighted by atomic mass is 9.96. The Morgan fingerprint density at radius 2 is 2.00 bits per heavy atom. The number of hydrogen-bond donors (Lipinski definition) is 0. The number of unbranched alkanes of at least 4 members (excludes halogenated alkanes) is 2. The van der Waals surface area contributed by atoms with Crippen molar-refractivity contribution in [3.05, 3.63) is 12.7 Å². The van der Waals surface area contributed by atoms with Gasteiger partial charge in [0, 0.05) is 29.6 Å². The SMILES string of the molecule is C=CCCCCN(C)C[C@@]12C[C@H](CC)N(C(C)(C)C)[C@@H]1C2. The van der Waals surface area contributed by atoms with Crippen molar-refractivity contribution >= 4 is 0 Å². The molecular weight excluding hydrogens is 256 g/mol. The highest BCUT2D eigenvalue weighted by molar-refractivity contribution is 5.19. The first-order chi connectivity index (χ1) is 9.84. The zero-order chi connectivity index (χ0) is 15.7. The summed E-state index contributed by atoms with van der Waals surface area (Å²) in [6, 6.07) is 1.65. The second-order valence-electron chi connectivity index (χ2n) is 8.45. The first-order valence-electron chi connectivity index (χ1n) is 8.92. The molecule has 0 radical (unpaired) electrons. The summed E-state index contributed by atoms with van der Waals surface area (Å²) in [5.74, 6) is 0. The molecule has 122 valence electrons. The highest BCUT2D eigenvalue weighted by atomic mass is 15.3. The second-order valence-corrected chi connectivity index (χ2v) is 8.45. The summed E-state index contributed by atoms with van der Waals surface area (Å²) in [6.07, 6.45) is 9.95. The molecule has 0 N–H and O–H groups in total. The monoisotopic (exact) mass is 292 g/mol. The van der Waals surface area contributed by atoms with Crippen LogP contribution in [0.3, 0.4) is 0 Å². The second kappa shape index (κ2) is 6.42. The lowest BCUT2D eigenvalue weighted by Crippen LogP contribution is -2.46. The summed E-state index contributed by atoms with van der Waals surface area (Å²) in [5, 5.41) is 0. The molecule has 0 aromatic rings. The quantitative estimate of drug-likeness (QED) is 0.486. The molecule has 1 saturated heterocycles. The van der Waals surface area contributed by atoms with Crippen LogP contribution in [0, 0.1) is 5.41 Å². The van der Waals surface area contributed by atoms with Gasteiger partial charge in [0.1, 0.15) is 0 Å². The van der Waals surface area contributed by atoms with Crippen molar-refractivity contribution in [2.24, 2.45) is 5.41 Å². The minimum absolute atomic E-state index is 0.326. The van der Waals surface area contributed by atoms with Gasteiger partial charge >= 0.3 is 0 Å². The Balaban J connectivity index is 1.86. The zero-order valence-corrected chi connectivity index (χ0v) is 15.0. The molecule has 1 saturated carbocycles. The molecule has 2 aliphatic rings. The van der Waals surface area contributed by atoms with E-state index in [0.717, 1.165) is 18.5 Å². The summed E-state index contributed by atoms with van der Waals surface area (Å²) in [6.45, 7) is 15.9. The fraction of sp³-hybridized carbons (Fsp3) is 0.895. The predicted molar refractivity (Wildman–Crippen MR) is 92.7 cm³/mol. The molecule has 21 heavy (non-hydrogen) atoms. The van der Waals surface area contributed by atoms with Crippen molar-refractivity contribution in [1.29, 1.82) is 0 Å². The standard InChI is InChI=1S/C19H36N2/c1-7-9-10-11-12-20(6)15-19-13-16(8-2)21(17(19)14-19)18(3,4)5/h7,16-17H,1,8-15H2,2-6H3/t16-,17+,19-/m0/s1. The number of piperidine rings is 1. The van der Waals surface area contributed by atoms with Gasteiger partial charge in [-0.1, -0.05) is 13.0 Å². The van der Waals surface area contributed by atoms with Gasteiger partial charge in [-0.3, -0.25) is 4.90 Å². The molecule has 0 unspecified atom stereocenters. The third kappa shape index (κ3) is 3.71. The van der Waals surface area contributed by atoms with E-state index in [1.807, 2.05) is 6.08 Å². The van der Waals surface area contributed by atoms with E-state index in [1.165, 1.54) is 45.2 Å². The maximum Gasteiger partial charge on any atom is 0.0180 e. The van der Waals surface area contributed by atoms with Crippen molar-refractivity contribution < 1.29 is 0 Å². The fourth-order valence-electron chi connectivity index (χ4n) is 4.64. The summed E-state index contributed by atoms with van der Waals surface area (Å²) in [7, 11) is 2.32. The molecule has 1 aliphatic carbocycles. The molecule has 3 atom stereocenters. The third-order valence-electron chi connectivity index (χ3n) is 5.55. The van der Waals surface area contributed by atoms with E-state index < -0.39 is 0 Å². The number of fused-ring (bicyclic) bond motifs is 1. The fourth-order valence-corrected chi connectivity index (χ4v) is 4.64. The van der Waals surface area contributed by atoms with E-state index in [9.17, 15) is 0 Å². The molecular formula is C19H36N2. The average Bonchev–Trinajstić information content (AvgIpc) is 2.96. The highest BCUT2D eigenvalue weighted by Crippen LogP contribution is 2.62. The first-order valence-corrected chi connectivity index (χ1v) is 8.92. The Morgan fingerprint density at radius 3 is 2.52 bits per heavy atom. The summed E-state index contributed by atoms with van der Waals surface area (Å²) < 4.78 is 0. The average molecular weight is 293 g/mol. The van der Waals surface area contributed by atoms with E-state index in [1.54, 1.807) is 0 Å². The number of likely N-dealkylation sites (tertiary alicyclic amines) is 1. The number of allylic oxidation sites excluding steroid dienone is 1. The number of hydrogen-bond acceptors (Lipinski definition) is 2. The molecule has 0 aromatic carbocycles. The first kappa shape index (κ1) is 17.0. The molecule has 2 rings (SSSR count). The molecule has 1 heterocycles. The van der Waals surface area contributed by atoms with Crippen LogP contribution in [0.15, 0.2) is 12.7 Å². The number of nitrogens with zero attached hydrogens (tertiary/aromatic N) is 2. The van der Waals surface area contributed by atoms with Crippen molar-refractivity contribution in [3.8, 4) is 0 Å².